The predicted octanol–water partition coefficient (Wildman–Crippen LogP) is 24.8. The summed E-state index contributed by atoms with van der Waals surface area (Å²) in [7, 11) is 8.66. The van der Waals surface area contributed by atoms with Gasteiger partial charge in [-0.05, 0) is 357 Å². The number of hydroxylamine groups is 6. The van der Waals surface area contributed by atoms with Gasteiger partial charge in [-0.3, -0.25) is 31.2 Å². The summed E-state index contributed by atoms with van der Waals surface area (Å²) in [6, 6.07) is 52.6. The smallest absolute Gasteiger partial charge is 0.345 e. The minimum Gasteiger partial charge on any atom is -0.489 e. The van der Waals surface area contributed by atoms with Crippen LogP contribution in [0.2, 0.25) is 5.02 Å². The number of carbonyl (C=O) groups is 6. The molecule has 30 nitrogen and oxygen atoms in total. The largest absolute Gasteiger partial charge is 0.489 e. The highest BCUT2D eigenvalue weighted by molar-refractivity contribution is 14.1. The van der Waals surface area contributed by atoms with Crippen molar-refractivity contribution in [2.45, 2.75) is 171 Å². The van der Waals surface area contributed by atoms with Crippen molar-refractivity contribution < 1.29 is 92.8 Å². The SMILES string of the molecule is CNC(=O)N(O)c1cccc(Br)c1COc1cc(C)c(C)cc1C.CNC(=O)N(O)c1cccc(C)c1COc1cc(C)c(C)cc1C.CNC(=O)N(O)c1cccc(Cl)c1COc1cc(C)c(C)cc1C.CNC(=O)N(O)c1cccc(F)c1COc1cc(C)c(C)cc1C.CNC(=O)N(O)c1cccc(I)c1COc1cc(C)c(C)cc1C.CNC(=O)N(O)c1ccccc1COc1cc(C)c(C)cc1C. The number of nitrogens with one attached hydrogen (secondary N) is 6. The number of urea groups is 6. The van der Waals surface area contributed by atoms with E-state index < -0.39 is 42.0 Å². The molecule has 0 bridgehead atoms. The first-order valence-electron chi connectivity index (χ1n) is 45.4. The Morgan fingerprint density at radius 3 is 0.846 bits per heavy atom. The van der Waals surface area contributed by atoms with Crippen LogP contribution in [0.15, 0.2) is 193 Å². The summed E-state index contributed by atoms with van der Waals surface area (Å²) >= 11 is 11.9. The van der Waals surface area contributed by atoms with Crippen LogP contribution in [0.3, 0.4) is 0 Å². The summed E-state index contributed by atoms with van der Waals surface area (Å²) in [6.45, 7) is 39.3. The fourth-order valence-corrected chi connectivity index (χ4v) is 15.5. The molecule has 0 radical (unpaired) electrons. The molecule has 762 valence electrons. The molecule has 0 unspecified atom stereocenters. The summed E-state index contributed by atoms with van der Waals surface area (Å²) in [4.78, 5) is 70.0. The topological polar surface area (TPSA) is 371 Å². The Morgan fingerprint density at radius 1 is 0.273 bits per heavy atom. The maximum Gasteiger partial charge on any atom is 0.345 e. The molecule has 12 aromatic carbocycles. The molecule has 0 aliphatic heterocycles. The third-order valence-electron chi connectivity index (χ3n) is 23.6. The van der Waals surface area contributed by atoms with E-state index in [2.05, 4.69) is 128 Å². The summed E-state index contributed by atoms with van der Waals surface area (Å²) in [6.07, 6.45) is 0. The summed E-state index contributed by atoms with van der Waals surface area (Å²) in [5, 5.41) is 78.1. The monoisotopic (exact) mass is 2150 g/mol. The van der Waals surface area contributed by atoms with Crippen molar-refractivity contribution in [3.8, 4) is 34.5 Å². The Kier molecular flexibility index (Phi) is 44.7. The van der Waals surface area contributed by atoms with Crippen LogP contribution in [-0.4, -0.2) is 110 Å². The highest BCUT2D eigenvalue weighted by atomic mass is 127. The van der Waals surface area contributed by atoms with Crippen LogP contribution in [0.25, 0.3) is 0 Å². The molecule has 12 amide bonds. The van der Waals surface area contributed by atoms with Gasteiger partial charge in [0.1, 0.15) is 80.0 Å². The van der Waals surface area contributed by atoms with Gasteiger partial charge < -0.3 is 60.3 Å². The number of amides is 12. The van der Waals surface area contributed by atoms with Gasteiger partial charge in [-0.25, -0.2) is 33.2 Å². The molecule has 12 N–H and O–H groups in total. The predicted molar refractivity (Wildman–Crippen MR) is 571 cm³/mol. The highest BCUT2D eigenvalue weighted by Gasteiger charge is 2.26. The second-order valence-electron chi connectivity index (χ2n) is 33.8. The fourth-order valence-electron chi connectivity index (χ4n) is 14.2. The van der Waals surface area contributed by atoms with Crippen LogP contribution in [-0.2, 0) is 39.6 Å². The number of aryl methyl sites for hydroxylation is 19. The third kappa shape index (κ3) is 31.9. The number of para-hydroxylation sites is 1. The number of rotatable bonds is 24. The molecule has 12 rings (SSSR count). The van der Waals surface area contributed by atoms with E-state index in [9.17, 15) is 64.4 Å². The lowest BCUT2D eigenvalue weighted by molar-refractivity contribution is 0.205. The summed E-state index contributed by atoms with van der Waals surface area (Å²) < 4.78 is 51.2. The molecule has 0 aliphatic carbocycles. The van der Waals surface area contributed by atoms with Crippen molar-refractivity contribution in [2.24, 2.45) is 0 Å². The average molecular weight is 2160 g/mol. The average Bonchev–Trinajstić information content (AvgIpc) is 0.823. The van der Waals surface area contributed by atoms with Crippen molar-refractivity contribution in [1.29, 1.82) is 0 Å². The number of ether oxygens (including phenoxy) is 6. The molecule has 0 heterocycles. The number of nitrogens with zero attached hydrogens (tertiary/aromatic N) is 6. The second kappa shape index (κ2) is 55.0. The molecular formula is C109H130BrClFIN12O18. The van der Waals surface area contributed by atoms with Crippen LogP contribution >= 0.6 is 50.1 Å². The van der Waals surface area contributed by atoms with Crippen molar-refractivity contribution in [3.05, 3.63) is 346 Å². The van der Waals surface area contributed by atoms with E-state index in [1.165, 1.54) is 88.3 Å². The molecule has 34 heteroatoms. The van der Waals surface area contributed by atoms with Crippen molar-refractivity contribution in [1.82, 2.24) is 31.9 Å². The Bertz CT molecular complexity index is 5770. The van der Waals surface area contributed by atoms with Gasteiger partial charge in [0.25, 0.3) is 0 Å². The zero-order chi connectivity index (χ0) is 106. The molecule has 0 aromatic heterocycles. The van der Waals surface area contributed by atoms with Gasteiger partial charge in [-0.2, -0.15) is 30.4 Å². The molecule has 12 aromatic rings. The Labute approximate surface area is 863 Å². The van der Waals surface area contributed by atoms with Gasteiger partial charge in [-0.1, -0.05) is 119 Å². The van der Waals surface area contributed by atoms with Gasteiger partial charge in [-0.15, -0.1) is 0 Å². The van der Waals surface area contributed by atoms with E-state index in [-0.39, 0.29) is 56.6 Å². The maximum absolute atomic E-state index is 14.2. The van der Waals surface area contributed by atoms with Crippen LogP contribution in [0, 0.1) is 141 Å². The van der Waals surface area contributed by atoms with Gasteiger partial charge in [0.05, 0.1) is 39.7 Å². The van der Waals surface area contributed by atoms with E-state index in [0.29, 0.717) is 75.0 Å². The number of anilines is 6. The fraction of sp³-hybridized carbons (Fsp3) is 0.284. The molecule has 0 saturated carbocycles. The van der Waals surface area contributed by atoms with Gasteiger partial charge in [0.2, 0.25) is 0 Å². The third-order valence-corrected chi connectivity index (χ3v) is 25.7. The summed E-state index contributed by atoms with van der Waals surface area (Å²) in [5.74, 6) is 4.00. The molecule has 0 atom stereocenters. The van der Waals surface area contributed by atoms with E-state index in [0.717, 1.165) is 131 Å². The number of halogens is 4. The molecular weight excluding hydrogens is 2030 g/mol. The van der Waals surface area contributed by atoms with E-state index >= 15 is 0 Å². The van der Waals surface area contributed by atoms with Crippen LogP contribution < -0.4 is 90.7 Å². The normalized spacial score (nSPS) is 10.4. The quantitative estimate of drug-likeness (QED) is 0.0152. The Balaban J connectivity index is 0.000000233. The maximum atomic E-state index is 14.2. The number of hydrogen-bond donors (Lipinski definition) is 12. The molecule has 143 heavy (non-hydrogen) atoms. The van der Waals surface area contributed by atoms with Crippen molar-refractivity contribution in [2.75, 3.05) is 72.7 Å². The minimum atomic E-state index is -0.760. The molecule has 0 spiro atoms. The second-order valence-corrected chi connectivity index (χ2v) is 36.2. The van der Waals surface area contributed by atoms with E-state index in [1.807, 2.05) is 177 Å². The van der Waals surface area contributed by atoms with Crippen molar-refractivity contribution in [3.63, 3.8) is 0 Å². The number of benzene rings is 12. The van der Waals surface area contributed by atoms with Crippen LogP contribution in [0.5, 0.6) is 34.5 Å². The Morgan fingerprint density at radius 2 is 0.503 bits per heavy atom. The van der Waals surface area contributed by atoms with E-state index in [1.54, 1.807) is 66.7 Å². The first-order chi connectivity index (χ1) is 67.7. The lowest BCUT2D eigenvalue weighted by Gasteiger charge is -2.20. The molecule has 0 saturated heterocycles. The lowest BCUT2D eigenvalue weighted by Crippen LogP contribution is -2.36. The first-order valence-corrected chi connectivity index (χ1v) is 47.7. The lowest BCUT2D eigenvalue weighted by atomic mass is 10.1. The molecule has 0 fully saturated rings. The van der Waals surface area contributed by atoms with Crippen molar-refractivity contribution >= 4 is 120 Å². The number of carbonyl (C=O) groups excluding carboxylic acids is 6. The van der Waals surface area contributed by atoms with E-state index in [4.69, 9.17) is 40.0 Å². The zero-order valence-electron chi connectivity index (χ0n) is 85.4. The number of hydrogen-bond acceptors (Lipinski definition) is 18. The molecule has 0 aliphatic rings. The standard InChI is InChI=1S/C19H24N2O3.C18H21BrN2O3.C18H21ClN2O3.C18H21FN2O3.C18H21IN2O3.C18H22N2O3/c1-12-7-6-8-17(21(23)19(22)20-5)16(12)11-24-18-10-14(3)13(2)9-15(18)4;4*1-11-8-13(3)17(9-12(11)2)24-10-14-15(19)6-5-7-16(14)21(23)18(22)20-4;1-12-9-14(3)17(10-13(12)2)23-11-15-7-5-6-8-16(15)20(22)18(21)19-4/h6-10,23H,11H2,1-5H3,(H,20,22);4*5-9,23H,10H2,1-4H3,(H,20,22);5-10,22H,11H2,1-4H3,(H,19,21). The van der Waals surface area contributed by atoms with Crippen LogP contribution in [0.1, 0.15) is 139 Å². The highest BCUT2D eigenvalue weighted by Crippen LogP contribution is 2.38. The Hall–Kier alpha value is -13.8. The van der Waals surface area contributed by atoms with Crippen LogP contribution in [0.4, 0.5) is 67.3 Å². The van der Waals surface area contributed by atoms with Gasteiger partial charge >= 0.3 is 36.2 Å². The summed E-state index contributed by atoms with van der Waals surface area (Å²) in [5.41, 5.74) is 26.6. The van der Waals surface area contributed by atoms with Gasteiger partial charge in [0, 0.05) is 83.2 Å². The first kappa shape index (κ1) is 116. The zero-order valence-corrected chi connectivity index (χ0v) is 89.9. The minimum absolute atomic E-state index is 0.0378. The van der Waals surface area contributed by atoms with Gasteiger partial charge in [0.15, 0.2) is 0 Å².